The summed E-state index contributed by atoms with van der Waals surface area (Å²) in [6.45, 7) is 0.720. The maximum Gasteiger partial charge on any atom is 0.305 e. The van der Waals surface area contributed by atoms with Crippen LogP contribution in [0.4, 0.5) is 0 Å². The molecule has 90 valence electrons. The fourth-order valence-corrected chi connectivity index (χ4v) is 3.27. The number of rotatable bonds is 3. The van der Waals surface area contributed by atoms with Crippen molar-refractivity contribution in [1.82, 2.24) is 4.90 Å². The van der Waals surface area contributed by atoms with E-state index < -0.39 is 5.97 Å². The van der Waals surface area contributed by atoms with Gasteiger partial charge >= 0.3 is 5.97 Å². The summed E-state index contributed by atoms with van der Waals surface area (Å²) in [4.78, 5) is 24.7. The summed E-state index contributed by atoms with van der Waals surface area (Å²) in [6.07, 6.45) is 3.21. The van der Waals surface area contributed by atoms with Crippen molar-refractivity contribution in [3.63, 3.8) is 0 Å². The molecule has 2 aliphatic rings. The van der Waals surface area contributed by atoms with Gasteiger partial charge in [0.1, 0.15) is 0 Å². The molecule has 1 unspecified atom stereocenters. The molecule has 1 aliphatic carbocycles. The third-order valence-electron chi connectivity index (χ3n) is 3.38. The molecular weight excluding hydrogens is 226 g/mol. The van der Waals surface area contributed by atoms with Crippen LogP contribution in [0.25, 0.3) is 0 Å². The lowest BCUT2D eigenvalue weighted by molar-refractivity contribution is -0.143. The lowest BCUT2D eigenvalue weighted by Gasteiger charge is -2.39. The van der Waals surface area contributed by atoms with Gasteiger partial charge in [0.25, 0.3) is 0 Å². The van der Waals surface area contributed by atoms with E-state index in [1.54, 1.807) is 11.8 Å². The molecule has 1 atom stereocenters. The quantitative estimate of drug-likeness (QED) is 0.809. The summed E-state index contributed by atoms with van der Waals surface area (Å²) in [5.41, 5.74) is 0. The van der Waals surface area contributed by atoms with Crippen LogP contribution in [0.5, 0.6) is 0 Å². The highest BCUT2D eigenvalue weighted by Gasteiger charge is 2.35. The standard InChI is InChI=1S/C11H17NO3S/c13-10(14)6-9-7-16-5-4-12(9)11(15)8-2-1-3-8/h8-9H,1-7H2,(H,13,14). The Labute approximate surface area is 99.4 Å². The normalized spacial score (nSPS) is 26.2. The molecule has 1 heterocycles. The molecule has 1 N–H and O–H groups in total. The van der Waals surface area contributed by atoms with Crippen LogP contribution < -0.4 is 0 Å². The van der Waals surface area contributed by atoms with Crippen LogP contribution in [0.3, 0.4) is 0 Å². The van der Waals surface area contributed by atoms with Gasteiger partial charge in [0.2, 0.25) is 5.91 Å². The smallest absolute Gasteiger partial charge is 0.305 e. The highest BCUT2D eigenvalue weighted by molar-refractivity contribution is 7.99. The first-order valence-electron chi connectivity index (χ1n) is 5.78. The van der Waals surface area contributed by atoms with Gasteiger partial charge in [0.15, 0.2) is 0 Å². The van der Waals surface area contributed by atoms with Gasteiger partial charge in [0.05, 0.1) is 12.5 Å². The Hall–Kier alpha value is -0.710. The third kappa shape index (κ3) is 2.51. The van der Waals surface area contributed by atoms with Gasteiger partial charge in [-0.1, -0.05) is 6.42 Å². The molecule has 1 saturated carbocycles. The Kier molecular flexibility index (Phi) is 3.74. The Balaban J connectivity index is 1.97. The highest BCUT2D eigenvalue weighted by Crippen LogP contribution is 2.31. The number of hydrogen-bond acceptors (Lipinski definition) is 3. The van der Waals surface area contributed by atoms with Gasteiger partial charge in [-0.3, -0.25) is 9.59 Å². The fourth-order valence-electron chi connectivity index (χ4n) is 2.21. The van der Waals surface area contributed by atoms with E-state index in [1.807, 2.05) is 4.90 Å². The first-order valence-corrected chi connectivity index (χ1v) is 6.94. The number of carbonyl (C=O) groups is 2. The molecule has 5 heteroatoms. The van der Waals surface area contributed by atoms with Crippen LogP contribution >= 0.6 is 11.8 Å². The number of carboxylic acids is 1. The fraction of sp³-hybridized carbons (Fsp3) is 0.818. The minimum Gasteiger partial charge on any atom is -0.481 e. The van der Waals surface area contributed by atoms with Crippen molar-refractivity contribution in [2.75, 3.05) is 18.1 Å². The van der Waals surface area contributed by atoms with Gasteiger partial charge in [0, 0.05) is 24.0 Å². The van der Waals surface area contributed by atoms with Gasteiger partial charge in [-0.15, -0.1) is 0 Å². The van der Waals surface area contributed by atoms with Crippen LogP contribution in [0.1, 0.15) is 25.7 Å². The zero-order chi connectivity index (χ0) is 11.5. The Morgan fingerprint density at radius 2 is 2.12 bits per heavy atom. The van der Waals surface area contributed by atoms with Crippen LogP contribution in [0.15, 0.2) is 0 Å². The molecule has 0 aromatic rings. The zero-order valence-electron chi connectivity index (χ0n) is 9.22. The van der Waals surface area contributed by atoms with E-state index >= 15 is 0 Å². The lowest BCUT2D eigenvalue weighted by atomic mass is 9.84. The predicted molar refractivity (Wildman–Crippen MR) is 62.4 cm³/mol. The molecule has 16 heavy (non-hydrogen) atoms. The third-order valence-corrected chi connectivity index (χ3v) is 4.47. The van der Waals surface area contributed by atoms with E-state index in [2.05, 4.69) is 0 Å². The van der Waals surface area contributed by atoms with Crippen molar-refractivity contribution < 1.29 is 14.7 Å². The minimum atomic E-state index is -0.807. The first-order chi connectivity index (χ1) is 7.68. The van der Waals surface area contributed by atoms with Gasteiger partial charge in [-0.25, -0.2) is 0 Å². The number of carboxylic acid groups (broad SMARTS) is 1. The first kappa shape index (κ1) is 11.8. The van der Waals surface area contributed by atoms with Crippen molar-refractivity contribution in [1.29, 1.82) is 0 Å². The molecule has 0 spiro atoms. The Bertz CT molecular complexity index is 291. The largest absolute Gasteiger partial charge is 0.481 e. The predicted octanol–water partition coefficient (Wildman–Crippen LogP) is 1.21. The lowest BCUT2D eigenvalue weighted by Crippen LogP contribution is -2.50. The molecule has 2 fully saturated rings. The van der Waals surface area contributed by atoms with Crippen LogP contribution in [-0.4, -0.2) is 46.0 Å². The maximum absolute atomic E-state index is 12.1. The second kappa shape index (κ2) is 5.08. The molecule has 1 amide bonds. The average Bonchev–Trinajstić information content (AvgIpc) is 2.14. The molecule has 0 aromatic heterocycles. The summed E-state index contributed by atoms with van der Waals surface area (Å²) >= 11 is 1.75. The summed E-state index contributed by atoms with van der Waals surface area (Å²) in [5, 5.41) is 8.83. The number of nitrogens with zero attached hydrogens (tertiary/aromatic N) is 1. The van der Waals surface area contributed by atoms with E-state index in [9.17, 15) is 9.59 Å². The average molecular weight is 243 g/mol. The topological polar surface area (TPSA) is 57.6 Å². The number of hydrogen-bond donors (Lipinski definition) is 1. The second-order valence-corrected chi connectivity index (χ2v) is 5.64. The Morgan fingerprint density at radius 1 is 1.38 bits per heavy atom. The van der Waals surface area contributed by atoms with Crippen molar-refractivity contribution in [3.8, 4) is 0 Å². The molecule has 1 saturated heterocycles. The van der Waals surface area contributed by atoms with Crippen molar-refractivity contribution >= 4 is 23.6 Å². The second-order valence-electron chi connectivity index (χ2n) is 4.49. The van der Waals surface area contributed by atoms with Crippen LogP contribution in [-0.2, 0) is 9.59 Å². The number of amides is 1. The maximum atomic E-state index is 12.1. The van der Waals surface area contributed by atoms with E-state index in [0.29, 0.717) is 0 Å². The molecule has 2 rings (SSSR count). The van der Waals surface area contributed by atoms with E-state index in [1.165, 1.54) is 0 Å². The SMILES string of the molecule is O=C(O)CC1CSCCN1C(=O)C1CCC1. The number of thioether (sulfide) groups is 1. The van der Waals surface area contributed by atoms with Crippen molar-refractivity contribution in [2.45, 2.75) is 31.7 Å². The molecule has 0 radical (unpaired) electrons. The van der Waals surface area contributed by atoms with Crippen molar-refractivity contribution in [2.24, 2.45) is 5.92 Å². The monoisotopic (exact) mass is 243 g/mol. The van der Waals surface area contributed by atoms with Gasteiger partial charge < -0.3 is 10.0 Å². The minimum absolute atomic E-state index is 0.0887. The molecule has 1 aliphatic heterocycles. The van der Waals surface area contributed by atoms with Crippen LogP contribution in [0.2, 0.25) is 0 Å². The van der Waals surface area contributed by atoms with E-state index in [0.717, 1.165) is 37.3 Å². The summed E-state index contributed by atoms with van der Waals surface area (Å²) in [7, 11) is 0. The highest BCUT2D eigenvalue weighted by atomic mass is 32.2. The summed E-state index contributed by atoms with van der Waals surface area (Å²) in [5.74, 6) is 1.27. The van der Waals surface area contributed by atoms with Gasteiger partial charge in [-0.05, 0) is 12.8 Å². The molecule has 0 aromatic carbocycles. The number of carbonyl (C=O) groups excluding carboxylic acids is 1. The van der Waals surface area contributed by atoms with Crippen molar-refractivity contribution in [3.05, 3.63) is 0 Å². The van der Waals surface area contributed by atoms with E-state index in [-0.39, 0.29) is 24.3 Å². The Morgan fingerprint density at radius 3 is 2.69 bits per heavy atom. The van der Waals surface area contributed by atoms with E-state index in [4.69, 9.17) is 5.11 Å². The summed E-state index contributed by atoms with van der Waals surface area (Å²) < 4.78 is 0. The van der Waals surface area contributed by atoms with Crippen LogP contribution in [0, 0.1) is 5.92 Å². The zero-order valence-corrected chi connectivity index (χ0v) is 10.0. The summed E-state index contributed by atoms with van der Waals surface area (Å²) in [6, 6.07) is -0.0932. The molecular formula is C11H17NO3S. The number of aliphatic carboxylic acids is 1. The molecule has 4 nitrogen and oxygen atoms in total. The molecule has 0 bridgehead atoms. The van der Waals surface area contributed by atoms with Gasteiger partial charge in [-0.2, -0.15) is 11.8 Å².